The smallest absolute Gasteiger partial charge is 0.146 e. The highest BCUT2D eigenvalue weighted by Crippen LogP contribution is 2.16. The normalized spacial score (nSPS) is 12.4. The van der Waals surface area contributed by atoms with Crippen molar-refractivity contribution < 1.29 is 13.2 Å². The van der Waals surface area contributed by atoms with E-state index >= 15 is 0 Å². The summed E-state index contributed by atoms with van der Waals surface area (Å²) in [6.45, 7) is 1.93. The van der Waals surface area contributed by atoms with E-state index in [1.165, 1.54) is 30.5 Å². The lowest BCUT2D eigenvalue weighted by atomic mass is 10.1. The number of halogens is 3. The predicted molar refractivity (Wildman–Crippen MR) is 65.8 cm³/mol. The molecule has 19 heavy (non-hydrogen) atoms. The van der Waals surface area contributed by atoms with Gasteiger partial charge in [-0.05, 0) is 36.8 Å². The fraction of sp³-hybridized carbons (Fsp3) is 0.214. The van der Waals surface area contributed by atoms with Crippen LogP contribution in [0.25, 0.3) is 0 Å². The molecule has 0 aliphatic rings. The highest BCUT2D eigenvalue weighted by Gasteiger charge is 2.10. The van der Waals surface area contributed by atoms with Gasteiger partial charge in [0.1, 0.15) is 17.5 Å². The Morgan fingerprint density at radius 2 is 1.84 bits per heavy atom. The van der Waals surface area contributed by atoms with Crippen molar-refractivity contribution >= 4 is 0 Å². The van der Waals surface area contributed by atoms with Crippen LogP contribution in [0, 0.1) is 17.5 Å². The van der Waals surface area contributed by atoms with Gasteiger partial charge in [-0.1, -0.05) is 0 Å². The summed E-state index contributed by atoms with van der Waals surface area (Å²) in [7, 11) is 0. The number of pyridine rings is 1. The summed E-state index contributed by atoms with van der Waals surface area (Å²) in [6, 6.07) is 5.81. The van der Waals surface area contributed by atoms with Crippen molar-refractivity contribution in [3.63, 3.8) is 0 Å². The Balaban J connectivity index is 2.05. The van der Waals surface area contributed by atoms with Crippen LogP contribution in [0.15, 0.2) is 36.5 Å². The van der Waals surface area contributed by atoms with E-state index in [1.807, 2.05) is 0 Å². The van der Waals surface area contributed by atoms with Crippen molar-refractivity contribution in [3.05, 3.63) is 65.2 Å². The Morgan fingerprint density at radius 1 is 1.16 bits per heavy atom. The van der Waals surface area contributed by atoms with E-state index in [-0.39, 0.29) is 18.3 Å². The molecule has 2 aromatic rings. The molecule has 1 aromatic carbocycles. The molecule has 0 fully saturated rings. The minimum Gasteiger partial charge on any atom is -0.304 e. The van der Waals surface area contributed by atoms with Crippen molar-refractivity contribution in [3.8, 4) is 0 Å². The Morgan fingerprint density at radius 3 is 2.47 bits per heavy atom. The fourth-order valence-electron chi connectivity index (χ4n) is 1.74. The second-order valence-corrected chi connectivity index (χ2v) is 4.24. The Bertz CT molecular complexity index is 552. The third-order valence-corrected chi connectivity index (χ3v) is 2.80. The molecule has 0 bridgehead atoms. The first-order chi connectivity index (χ1) is 9.06. The molecule has 0 saturated carbocycles. The number of rotatable bonds is 4. The molecule has 100 valence electrons. The van der Waals surface area contributed by atoms with E-state index in [9.17, 15) is 13.2 Å². The van der Waals surface area contributed by atoms with Gasteiger partial charge in [0.25, 0.3) is 0 Å². The number of nitrogens with zero attached hydrogens (tertiary/aromatic N) is 1. The Kier molecular flexibility index (Phi) is 4.16. The van der Waals surface area contributed by atoms with E-state index in [4.69, 9.17) is 0 Å². The van der Waals surface area contributed by atoms with Gasteiger partial charge in [-0.3, -0.25) is 4.98 Å². The van der Waals surface area contributed by atoms with Gasteiger partial charge in [0, 0.05) is 24.8 Å². The minimum atomic E-state index is -0.632. The molecule has 0 unspecified atom stereocenters. The van der Waals surface area contributed by atoms with Gasteiger partial charge in [-0.25, -0.2) is 13.2 Å². The molecule has 1 heterocycles. The van der Waals surface area contributed by atoms with E-state index in [1.54, 1.807) is 6.92 Å². The van der Waals surface area contributed by atoms with Gasteiger partial charge in [-0.15, -0.1) is 0 Å². The van der Waals surface area contributed by atoms with Crippen molar-refractivity contribution in [2.45, 2.75) is 19.5 Å². The van der Waals surface area contributed by atoms with Gasteiger partial charge in [-0.2, -0.15) is 0 Å². The second kappa shape index (κ2) is 5.84. The van der Waals surface area contributed by atoms with E-state index in [2.05, 4.69) is 10.3 Å². The lowest BCUT2D eigenvalue weighted by Gasteiger charge is -2.14. The predicted octanol–water partition coefficient (Wildman–Crippen LogP) is 3.35. The van der Waals surface area contributed by atoms with Crippen LogP contribution in [0.1, 0.15) is 24.2 Å². The maximum atomic E-state index is 13.3. The molecule has 0 saturated heterocycles. The number of hydrogen-bond acceptors (Lipinski definition) is 2. The Hall–Kier alpha value is -1.88. The first-order valence-corrected chi connectivity index (χ1v) is 5.85. The summed E-state index contributed by atoms with van der Waals surface area (Å²) >= 11 is 0. The molecule has 1 N–H and O–H groups in total. The molecule has 1 atom stereocenters. The zero-order chi connectivity index (χ0) is 13.8. The van der Waals surface area contributed by atoms with Gasteiger partial charge >= 0.3 is 0 Å². The summed E-state index contributed by atoms with van der Waals surface area (Å²) in [5, 5.41) is 2.97. The van der Waals surface area contributed by atoms with Crippen LogP contribution < -0.4 is 5.32 Å². The zero-order valence-corrected chi connectivity index (χ0v) is 10.3. The monoisotopic (exact) mass is 266 g/mol. The molecule has 2 rings (SSSR count). The van der Waals surface area contributed by atoms with Crippen molar-refractivity contribution in [1.82, 2.24) is 10.3 Å². The lowest BCUT2D eigenvalue weighted by Crippen LogP contribution is -2.19. The maximum absolute atomic E-state index is 13.3. The average molecular weight is 266 g/mol. The molecule has 0 amide bonds. The van der Waals surface area contributed by atoms with Gasteiger partial charge < -0.3 is 5.32 Å². The van der Waals surface area contributed by atoms with Crippen LogP contribution in [-0.2, 0) is 6.54 Å². The first kappa shape index (κ1) is 13.5. The zero-order valence-electron chi connectivity index (χ0n) is 10.3. The number of hydrogen-bond donors (Lipinski definition) is 1. The number of nitrogens with one attached hydrogen (secondary N) is 1. The van der Waals surface area contributed by atoms with Crippen LogP contribution in [0.3, 0.4) is 0 Å². The highest BCUT2D eigenvalue weighted by atomic mass is 19.1. The van der Waals surface area contributed by atoms with Crippen LogP contribution in [0.5, 0.6) is 0 Å². The molecule has 2 nitrogen and oxygen atoms in total. The largest absolute Gasteiger partial charge is 0.304 e. The molecule has 1 aromatic heterocycles. The molecular weight excluding hydrogens is 253 g/mol. The molecule has 0 spiro atoms. The Labute approximate surface area is 109 Å². The number of aromatic nitrogens is 1. The third kappa shape index (κ3) is 3.54. The summed E-state index contributed by atoms with van der Waals surface area (Å²) in [6.07, 6.45) is 1.49. The highest BCUT2D eigenvalue weighted by molar-refractivity contribution is 5.21. The maximum Gasteiger partial charge on any atom is 0.146 e. The van der Waals surface area contributed by atoms with E-state index in [0.717, 1.165) is 6.07 Å². The second-order valence-electron chi connectivity index (χ2n) is 4.24. The molecular formula is C14H13F3N2. The van der Waals surface area contributed by atoms with E-state index in [0.29, 0.717) is 5.56 Å². The standard InChI is InChI=1S/C14H13F3N2/c1-9(10-5-11(15)7-12(16)6-10)19-8-14-13(17)3-2-4-18-14/h2-7,9,19H,8H2,1H3/t9-/m0/s1. The van der Waals surface area contributed by atoms with Gasteiger partial charge in [0.2, 0.25) is 0 Å². The topological polar surface area (TPSA) is 24.9 Å². The SMILES string of the molecule is C[C@H](NCc1ncccc1F)c1cc(F)cc(F)c1. The average Bonchev–Trinajstić information content (AvgIpc) is 2.36. The molecule has 0 radical (unpaired) electrons. The lowest BCUT2D eigenvalue weighted by molar-refractivity contribution is 0.522. The van der Waals surface area contributed by atoms with E-state index < -0.39 is 17.5 Å². The fourth-order valence-corrected chi connectivity index (χ4v) is 1.74. The number of benzene rings is 1. The van der Waals surface area contributed by atoms with Gasteiger partial charge in [0.05, 0.1) is 5.69 Å². The van der Waals surface area contributed by atoms with Crippen LogP contribution in [0.2, 0.25) is 0 Å². The van der Waals surface area contributed by atoms with Crippen LogP contribution in [-0.4, -0.2) is 4.98 Å². The van der Waals surface area contributed by atoms with Gasteiger partial charge in [0.15, 0.2) is 0 Å². The summed E-state index contributed by atoms with van der Waals surface area (Å²) < 4.78 is 39.5. The van der Waals surface area contributed by atoms with Crippen molar-refractivity contribution in [1.29, 1.82) is 0 Å². The summed E-state index contributed by atoms with van der Waals surface area (Å²) in [5.41, 5.74) is 0.736. The van der Waals surface area contributed by atoms with Crippen LogP contribution in [0.4, 0.5) is 13.2 Å². The molecule has 0 aliphatic heterocycles. The molecule has 5 heteroatoms. The van der Waals surface area contributed by atoms with Crippen molar-refractivity contribution in [2.75, 3.05) is 0 Å². The van der Waals surface area contributed by atoms with Crippen LogP contribution >= 0.6 is 0 Å². The van der Waals surface area contributed by atoms with Crippen molar-refractivity contribution in [2.24, 2.45) is 0 Å². The summed E-state index contributed by atoms with van der Waals surface area (Å²) in [4.78, 5) is 3.89. The summed E-state index contributed by atoms with van der Waals surface area (Å²) in [5.74, 6) is -1.67. The third-order valence-electron chi connectivity index (χ3n) is 2.80. The first-order valence-electron chi connectivity index (χ1n) is 5.85. The quantitative estimate of drug-likeness (QED) is 0.918. The molecule has 0 aliphatic carbocycles. The minimum absolute atomic E-state index is 0.186.